The van der Waals surface area contributed by atoms with E-state index in [1.807, 2.05) is 18.7 Å². The molecule has 0 atom stereocenters. The van der Waals surface area contributed by atoms with Crippen molar-refractivity contribution in [2.45, 2.75) is 19.4 Å². The summed E-state index contributed by atoms with van der Waals surface area (Å²) in [4.78, 5) is 15.8. The molecular weight excluding hydrogens is 269 g/mol. The van der Waals surface area contributed by atoms with Crippen LogP contribution in [0, 0.1) is 5.82 Å². The van der Waals surface area contributed by atoms with E-state index in [1.165, 1.54) is 12.1 Å². The van der Waals surface area contributed by atoms with Gasteiger partial charge in [-0.1, -0.05) is 11.6 Å². The van der Waals surface area contributed by atoms with Crippen molar-refractivity contribution in [1.82, 2.24) is 4.90 Å². The molecule has 1 aromatic rings. The first-order valence-electron chi connectivity index (χ1n) is 6.03. The summed E-state index contributed by atoms with van der Waals surface area (Å²) in [6.07, 6.45) is 0. The van der Waals surface area contributed by atoms with Crippen LogP contribution in [-0.2, 0) is 4.79 Å². The molecule has 1 aliphatic heterocycles. The van der Waals surface area contributed by atoms with E-state index >= 15 is 0 Å². The predicted molar refractivity (Wildman–Crippen MR) is 74.9 cm³/mol. The normalized spacial score (nSPS) is 18.9. The molecule has 19 heavy (non-hydrogen) atoms. The standard InChI is InChI=1S/C13H17ClFN3O/c1-13(2)12(19)17(3)4-5-18(13)11-6-8(14)9(15)7-10(11)16/h6-7H,4-5,16H2,1-3H3. The lowest BCUT2D eigenvalue weighted by atomic mass is 9.96. The number of nitrogens with two attached hydrogens (primary N) is 1. The lowest BCUT2D eigenvalue weighted by Crippen LogP contribution is -2.62. The van der Waals surface area contributed by atoms with E-state index in [-0.39, 0.29) is 16.6 Å². The molecule has 1 aliphatic rings. The molecular formula is C13H17ClFN3O. The smallest absolute Gasteiger partial charge is 0.247 e. The second-order valence-corrected chi connectivity index (χ2v) is 5.67. The topological polar surface area (TPSA) is 49.6 Å². The monoisotopic (exact) mass is 285 g/mol. The molecule has 0 saturated carbocycles. The molecule has 4 nitrogen and oxygen atoms in total. The van der Waals surface area contributed by atoms with Crippen molar-refractivity contribution in [2.24, 2.45) is 0 Å². The van der Waals surface area contributed by atoms with Crippen molar-refractivity contribution >= 4 is 28.9 Å². The largest absolute Gasteiger partial charge is 0.397 e. The third-order valence-corrected chi connectivity index (χ3v) is 3.85. The highest BCUT2D eigenvalue weighted by Crippen LogP contribution is 2.35. The minimum Gasteiger partial charge on any atom is -0.397 e. The van der Waals surface area contributed by atoms with E-state index in [2.05, 4.69) is 0 Å². The van der Waals surface area contributed by atoms with Gasteiger partial charge in [0.15, 0.2) is 0 Å². The van der Waals surface area contributed by atoms with Gasteiger partial charge in [-0.3, -0.25) is 4.79 Å². The molecule has 0 aliphatic carbocycles. The number of hydrogen-bond acceptors (Lipinski definition) is 3. The lowest BCUT2D eigenvalue weighted by Gasteiger charge is -2.46. The zero-order valence-corrected chi connectivity index (χ0v) is 12.0. The van der Waals surface area contributed by atoms with Crippen molar-refractivity contribution in [3.05, 3.63) is 23.0 Å². The number of benzene rings is 1. The van der Waals surface area contributed by atoms with Crippen LogP contribution in [0.25, 0.3) is 0 Å². The van der Waals surface area contributed by atoms with Gasteiger partial charge in [-0.25, -0.2) is 4.39 Å². The molecule has 0 spiro atoms. The third-order valence-electron chi connectivity index (χ3n) is 3.56. The number of likely N-dealkylation sites (N-methyl/N-ethyl adjacent to an activating group) is 1. The summed E-state index contributed by atoms with van der Waals surface area (Å²) in [6.45, 7) is 4.86. The van der Waals surface area contributed by atoms with E-state index in [4.69, 9.17) is 17.3 Å². The Bertz CT molecular complexity index is 533. The summed E-state index contributed by atoms with van der Waals surface area (Å²) >= 11 is 5.81. The predicted octanol–water partition coefficient (Wildman–Crippen LogP) is 2.12. The van der Waals surface area contributed by atoms with E-state index in [0.29, 0.717) is 18.8 Å². The highest BCUT2D eigenvalue weighted by Gasteiger charge is 2.41. The van der Waals surface area contributed by atoms with Crippen LogP contribution in [0.4, 0.5) is 15.8 Å². The fourth-order valence-corrected chi connectivity index (χ4v) is 2.58. The number of halogens is 2. The average Bonchev–Trinajstić information content (AvgIpc) is 2.32. The van der Waals surface area contributed by atoms with Crippen LogP contribution in [0.1, 0.15) is 13.8 Å². The number of hydrogen-bond donors (Lipinski definition) is 1. The summed E-state index contributed by atoms with van der Waals surface area (Å²) in [5.74, 6) is -0.556. The Hall–Kier alpha value is -1.49. The first-order valence-corrected chi connectivity index (χ1v) is 6.40. The Morgan fingerprint density at radius 1 is 1.37 bits per heavy atom. The van der Waals surface area contributed by atoms with Gasteiger partial charge in [0.05, 0.1) is 16.4 Å². The molecule has 0 unspecified atom stereocenters. The first kappa shape index (κ1) is 13.9. The zero-order chi connectivity index (χ0) is 14.4. The van der Waals surface area contributed by atoms with Gasteiger partial charge in [0.1, 0.15) is 11.4 Å². The Morgan fingerprint density at radius 2 is 2.00 bits per heavy atom. The van der Waals surface area contributed by atoms with Gasteiger partial charge < -0.3 is 15.5 Å². The van der Waals surface area contributed by atoms with Crippen molar-refractivity contribution in [3.63, 3.8) is 0 Å². The number of anilines is 2. The number of carbonyl (C=O) groups excluding carboxylic acids is 1. The summed E-state index contributed by atoms with van der Waals surface area (Å²) in [6, 6.07) is 2.67. The molecule has 1 saturated heterocycles. The quantitative estimate of drug-likeness (QED) is 0.804. The molecule has 1 heterocycles. The number of nitrogen functional groups attached to an aromatic ring is 1. The maximum Gasteiger partial charge on any atom is 0.247 e. The molecule has 1 amide bonds. The van der Waals surface area contributed by atoms with E-state index in [9.17, 15) is 9.18 Å². The van der Waals surface area contributed by atoms with Gasteiger partial charge in [0.25, 0.3) is 0 Å². The minimum absolute atomic E-state index is 0.00130. The Balaban J connectivity index is 2.47. The first-order chi connectivity index (χ1) is 8.75. The fraction of sp³-hybridized carbons (Fsp3) is 0.462. The number of nitrogens with zero attached hydrogens (tertiary/aromatic N) is 2. The molecule has 1 fully saturated rings. The summed E-state index contributed by atoms with van der Waals surface area (Å²) < 4.78 is 13.4. The molecule has 6 heteroatoms. The molecule has 0 bridgehead atoms. The highest BCUT2D eigenvalue weighted by molar-refractivity contribution is 6.31. The number of amides is 1. The summed E-state index contributed by atoms with van der Waals surface area (Å²) in [5, 5.41) is 0.00590. The van der Waals surface area contributed by atoms with Crippen LogP contribution in [0.15, 0.2) is 12.1 Å². The van der Waals surface area contributed by atoms with Crippen LogP contribution in [0.3, 0.4) is 0 Å². The van der Waals surface area contributed by atoms with Crippen LogP contribution in [0.5, 0.6) is 0 Å². The fourth-order valence-electron chi connectivity index (χ4n) is 2.42. The summed E-state index contributed by atoms with van der Waals surface area (Å²) in [7, 11) is 1.77. The maximum absolute atomic E-state index is 13.4. The van der Waals surface area contributed by atoms with Gasteiger partial charge in [-0.15, -0.1) is 0 Å². The second-order valence-electron chi connectivity index (χ2n) is 5.26. The summed E-state index contributed by atoms with van der Waals surface area (Å²) in [5.41, 5.74) is 6.00. The number of piperazine rings is 1. The van der Waals surface area contributed by atoms with Crippen molar-refractivity contribution < 1.29 is 9.18 Å². The number of carbonyl (C=O) groups is 1. The second kappa shape index (κ2) is 4.56. The Kier molecular flexibility index (Phi) is 3.34. The molecule has 2 N–H and O–H groups in total. The van der Waals surface area contributed by atoms with Gasteiger partial charge in [-0.05, 0) is 19.9 Å². The SMILES string of the molecule is CN1CCN(c2cc(Cl)c(F)cc2N)C(C)(C)C1=O. The van der Waals surface area contributed by atoms with E-state index in [0.717, 1.165) is 0 Å². The molecule has 1 aromatic carbocycles. The molecule has 0 aromatic heterocycles. The van der Waals surface area contributed by atoms with Crippen molar-refractivity contribution in [2.75, 3.05) is 30.8 Å². The van der Waals surface area contributed by atoms with Gasteiger partial charge in [0, 0.05) is 26.2 Å². The average molecular weight is 286 g/mol. The van der Waals surface area contributed by atoms with Gasteiger partial charge in [-0.2, -0.15) is 0 Å². The van der Waals surface area contributed by atoms with E-state index < -0.39 is 11.4 Å². The van der Waals surface area contributed by atoms with Gasteiger partial charge in [0.2, 0.25) is 5.91 Å². The highest BCUT2D eigenvalue weighted by atomic mass is 35.5. The molecule has 2 rings (SSSR count). The van der Waals surface area contributed by atoms with Crippen molar-refractivity contribution in [3.8, 4) is 0 Å². The van der Waals surface area contributed by atoms with Crippen LogP contribution >= 0.6 is 11.6 Å². The van der Waals surface area contributed by atoms with Crippen LogP contribution in [-0.4, -0.2) is 36.5 Å². The molecule has 104 valence electrons. The lowest BCUT2D eigenvalue weighted by molar-refractivity contribution is -0.136. The van der Waals surface area contributed by atoms with E-state index in [1.54, 1.807) is 11.9 Å². The number of rotatable bonds is 1. The Morgan fingerprint density at radius 3 is 2.63 bits per heavy atom. The maximum atomic E-state index is 13.4. The van der Waals surface area contributed by atoms with Crippen LogP contribution < -0.4 is 10.6 Å². The van der Waals surface area contributed by atoms with Crippen molar-refractivity contribution in [1.29, 1.82) is 0 Å². The third kappa shape index (κ3) is 2.23. The van der Waals surface area contributed by atoms with Gasteiger partial charge >= 0.3 is 0 Å². The van der Waals surface area contributed by atoms with Crippen LogP contribution in [0.2, 0.25) is 5.02 Å². The minimum atomic E-state index is -0.734. The molecule has 0 radical (unpaired) electrons. The zero-order valence-electron chi connectivity index (χ0n) is 11.2. The Labute approximate surface area is 116 Å².